The first-order valence-electron chi connectivity index (χ1n) is 9.11. The van der Waals surface area contributed by atoms with Gasteiger partial charge in [0.25, 0.3) is 0 Å². The van der Waals surface area contributed by atoms with Crippen molar-refractivity contribution in [2.45, 2.75) is 52.0 Å². The molecule has 1 fully saturated rings. The molecule has 3 rings (SSSR count). The van der Waals surface area contributed by atoms with Gasteiger partial charge in [-0.15, -0.1) is 0 Å². The molecule has 1 N–H and O–H groups in total. The maximum absolute atomic E-state index is 9.07. The first-order chi connectivity index (χ1) is 12.2. The number of hydrogen-bond donors (Lipinski definition) is 1. The molecule has 1 aromatic heterocycles. The average molecular weight is 335 g/mol. The van der Waals surface area contributed by atoms with Crippen molar-refractivity contribution < 1.29 is 0 Å². The highest BCUT2D eigenvalue weighted by molar-refractivity contribution is 5.58. The van der Waals surface area contributed by atoms with Gasteiger partial charge < -0.3 is 10.2 Å². The Hall–Kier alpha value is -2.61. The van der Waals surface area contributed by atoms with E-state index in [1.807, 2.05) is 18.2 Å². The molecular weight excluding hydrogens is 310 g/mol. The van der Waals surface area contributed by atoms with Crippen molar-refractivity contribution in [2.24, 2.45) is 0 Å². The summed E-state index contributed by atoms with van der Waals surface area (Å²) in [5, 5.41) is 12.3. The minimum atomic E-state index is 0.517. The van der Waals surface area contributed by atoms with Gasteiger partial charge in [-0.05, 0) is 50.8 Å². The van der Waals surface area contributed by atoms with Gasteiger partial charge in [-0.1, -0.05) is 19.4 Å². The van der Waals surface area contributed by atoms with Gasteiger partial charge in [0.1, 0.15) is 5.82 Å². The number of nitrogens with zero attached hydrogens (tertiary/aromatic N) is 4. The molecule has 0 spiro atoms. The number of nitrogens with one attached hydrogen (secondary N) is 1. The molecule has 2 aromatic rings. The van der Waals surface area contributed by atoms with Crippen LogP contribution in [0.5, 0.6) is 0 Å². The van der Waals surface area contributed by atoms with Gasteiger partial charge in [0.05, 0.1) is 11.6 Å². The Bertz CT molecular complexity index is 765. The lowest BCUT2D eigenvalue weighted by Crippen LogP contribution is -2.27. The van der Waals surface area contributed by atoms with E-state index in [2.05, 4.69) is 41.2 Å². The maximum atomic E-state index is 9.07. The van der Waals surface area contributed by atoms with E-state index in [0.29, 0.717) is 17.6 Å². The van der Waals surface area contributed by atoms with Crippen LogP contribution in [0.2, 0.25) is 0 Å². The average Bonchev–Trinajstić information content (AvgIpc) is 3.06. The van der Waals surface area contributed by atoms with Crippen LogP contribution in [-0.4, -0.2) is 22.6 Å². The van der Waals surface area contributed by atoms with Crippen LogP contribution in [-0.2, 0) is 6.42 Å². The zero-order valence-electron chi connectivity index (χ0n) is 15.0. The minimum Gasteiger partial charge on any atom is -0.354 e. The number of aryl methyl sites for hydroxylation is 1. The number of anilines is 3. The highest BCUT2D eigenvalue weighted by Crippen LogP contribution is 2.26. The van der Waals surface area contributed by atoms with Crippen molar-refractivity contribution in [3.05, 3.63) is 41.6 Å². The van der Waals surface area contributed by atoms with E-state index in [1.54, 1.807) is 6.07 Å². The summed E-state index contributed by atoms with van der Waals surface area (Å²) in [6.45, 7) is 5.50. The Morgan fingerprint density at radius 3 is 2.92 bits per heavy atom. The van der Waals surface area contributed by atoms with E-state index in [9.17, 15) is 0 Å². The standard InChI is InChI=1S/C20H25N5/c1-3-4-9-18-13-19(25-11-6-7-15(25)2)24-20(23-18)22-17-10-5-8-16(12-17)14-21/h5,8,10,12-13,15H,3-4,6-7,9,11H2,1-2H3,(H,22,23,24). The van der Waals surface area contributed by atoms with Crippen LogP contribution in [0.1, 0.15) is 50.8 Å². The number of nitriles is 1. The summed E-state index contributed by atoms with van der Waals surface area (Å²) in [5.74, 6) is 1.61. The molecular formula is C20H25N5. The van der Waals surface area contributed by atoms with Crippen molar-refractivity contribution in [1.82, 2.24) is 9.97 Å². The lowest BCUT2D eigenvalue weighted by Gasteiger charge is -2.23. The highest BCUT2D eigenvalue weighted by atomic mass is 15.3. The fraction of sp³-hybridized carbons (Fsp3) is 0.450. The van der Waals surface area contributed by atoms with Crippen LogP contribution in [0, 0.1) is 11.3 Å². The Kier molecular flexibility index (Phi) is 5.49. The fourth-order valence-corrected chi connectivity index (χ4v) is 3.24. The molecule has 1 atom stereocenters. The van der Waals surface area contributed by atoms with Crippen LogP contribution in [0.3, 0.4) is 0 Å². The first-order valence-corrected chi connectivity index (χ1v) is 9.11. The number of unbranched alkanes of at least 4 members (excludes halogenated alkanes) is 1. The molecule has 2 heterocycles. The normalized spacial score (nSPS) is 16.7. The Morgan fingerprint density at radius 1 is 1.32 bits per heavy atom. The molecule has 1 aliphatic rings. The molecule has 1 unspecified atom stereocenters. The molecule has 5 nitrogen and oxygen atoms in total. The molecule has 0 radical (unpaired) electrons. The molecule has 0 bridgehead atoms. The number of hydrogen-bond acceptors (Lipinski definition) is 5. The van der Waals surface area contributed by atoms with E-state index in [-0.39, 0.29) is 0 Å². The monoisotopic (exact) mass is 335 g/mol. The summed E-state index contributed by atoms with van der Waals surface area (Å²) in [6.07, 6.45) is 5.65. The van der Waals surface area contributed by atoms with Gasteiger partial charge in [-0.2, -0.15) is 10.2 Å². The van der Waals surface area contributed by atoms with E-state index >= 15 is 0 Å². The van der Waals surface area contributed by atoms with Crippen molar-refractivity contribution in [3.8, 4) is 6.07 Å². The van der Waals surface area contributed by atoms with Crippen molar-refractivity contribution >= 4 is 17.5 Å². The molecule has 0 saturated carbocycles. The van der Waals surface area contributed by atoms with Gasteiger partial charge in [0, 0.05) is 30.0 Å². The van der Waals surface area contributed by atoms with Gasteiger partial charge in [-0.25, -0.2) is 4.98 Å². The number of benzene rings is 1. The fourth-order valence-electron chi connectivity index (χ4n) is 3.24. The minimum absolute atomic E-state index is 0.517. The third kappa shape index (κ3) is 4.27. The molecule has 130 valence electrons. The van der Waals surface area contributed by atoms with Gasteiger partial charge >= 0.3 is 0 Å². The van der Waals surface area contributed by atoms with Crippen LogP contribution >= 0.6 is 0 Å². The van der Waals surface area contributed by atoms with E-state index < -0.39 is 0 Å². The van der Waals surface area contributed by atoms with Crippen LogP contribution < -0.4 is 10.2 Å². The van der Waals surface area contributed by atoms with Crippen LogP contribution in [0.25, 0.3) is 0 Å². The number of rotatable bonds is 6. The molecule has 0 amide bonds. The van der Waals surface area contributed by atoms with Crippen LogP contribution in [0.15, 0.2) is 30.3 Å². The summed E-state index contributed by atoms with van der Waals surface area (Å²) in [6, 6.07) is 12.2. The molecule has 25 heavy (non-hydrogen) atoms. The lowest BCUT2D eigenvalue weighted by atomic mass is 10.2. The summed E-state index contributed by atoms with van der Waals surface area (Å²) in [7, 11) is 0. The summed E-state index contributed by atoms with van der Waals surface area (Å²) in [5.41, 5.74) is 2.54. The SMILES string of the molecule is CCCCc1cc(N2CCCC2C)nc(Nc2cccc(C#N)c2)n1. The van der Waals surface area contributed by atoms with E-state index in [0.717, 1.165) is 43.0 Å². The highest BCUT2D eigenvalue weighted by Gasteiger charge is 2.22. The Labute approximate surface area is 149 Å². The quantitative estimate of drug-likeness (QED) is 0.846. The molecule has 1 aliphatic heterocycles. The Balaban J connectivity index is 1.89. The van der Waals surface area contributed by atoms with Gasteiger partial charge in [0.15, 0.2) is 0 Å². The van der Waals surface area contributed by atoms with Crippen molar-refractivity contribution in [1.29, 1.82) is 5.26 Å². The molecule has 0 aliphatic carbocycles. The van der Waals surface area contributed by atoms with Gasteiger partial charge in [0.2, 0.25) is 5.95 Å². The zero-order chi connectivity index (χ0) is 17.6. The van der Waals surface area contributed by atoms with E-state index in [4.69, 9.17) is 10.2 Å². The summed E-state index contributed by atoms with van der Waals surface area (Å²) >= 11 is 0. The predicted molar refractivity (Wildman–Crippen MR) is 101 cm³/mol. The largest absolute Gasteiger partial charge is 0.354 e. The molecule has 5 heteroatoms. The van der Waals surface area contributed by atoms with Crippen LogP contribution in [0.4, 0.5) is 17.5 Å². The van der Waals surface area contributed by atoms with Crippen molar-refractivity contribution in [2.75, 3.05) is 16.8 Å². The topological polar surface area (TPSA) is 64.8 Å². The summed E-state index contributed by atoms with van der Waals surface area (Å²) < 4.78 is 0. The smallest absolute Gasteiger partial charge is 0.229 e. The lowest BCUT2D eigenvalue weighted by molar-refractivity contribution is 0.722. The second kappa shape index (κ2) is 7.98. The first kappa shape index (κ1) is 17.2. The zero-order valence-corrected chi connectivity index (χ0v) is 15.0. The number of aromatic nitrogens is 2. The maximum Gasteiger partial charge on any atom is 0.229 e. The third-order valence-electron chi connectivity index (χ3n) is 4.65. The van der Waals surface area contributed by atoms with Crippen molar-refractivity contribution in [3.63, 3.8) is 0 Å². The predicted octanol–water partition coefficient (Wildman–Crippen LogP) is 4.42. The van der Waals surface area contributed by atoms with Gasteiger partial charge in [-0.3, -0.25) is 0 Å². The summed E-state index contributed by atoms with van der Waals surface area (Å²) in [4.78, 5) is 11.8. The molecule has 1 saturated heterocycles. The Morgan fingerprint density at radius 2 is 2.20 bits per heavy atom. The second-order valence-corrected chi connectivity index (χ2v) is 6.65. The third-order valence-corrected chi connectivity index (χ3v) is 4.65. The van der Waals surface area contributed by atoms with E-state index in [1.165, 1.54) is 12.8 Å². The second-order valence-electron chi connectivity index (χ2n) is 6.65. The molecule has 1 aromatic carbocycles.